The third kappa shape index (κ3) is 4.86. The van der Waals surface area contributed by atoms with Crippen molar-refractivity contribution in [2.75, 3.05) is 0 Å². The molecule has 26 heavy (non-hydrogen) atoms. The summed E-state index contributed by atoms with van der Waals surface area (Å²) >= 11 is 0. The van der Waals surface area contributed by atoms with Crippen molar-refractivity contribution < 1.29 is 38.0 Å². The van der Waals surface area contributed by atoms with E-state index in [2.05, 4.69) is 39.0 Å². The van der Waals surface area contributed by atoms with Crippen LogP contribution in [-0.4, -0.2) is 29.9 Å². The Morgan fingerprint density at radius 3 is 2.38 bits per heavy atom. The zero-order valence-corrected chi connectivity index (χ0v) is 17.7. The number of carbonyl (C=O) groups is 2. The Bertz CT molecular complexity index is 824. The molecule has 1 aromatic heterocycles. The number of carbonyl (C=O) groups excluding carboxylic acids is 2. The van der Waals surface area contributed by atoms with E-state index in [9.17, 15) is 14.7 Å². The van der Waals surface area contributed by atoms with Crippen LogP contribution in [0.5, 0.6) is 0 Å². The summed E-state index contributed by atoms with van der Waals surface area (Å²) in [6.07, 6.45) is 0. The first kappa shape index (κ1) is 22.6. The van der Waals surface area contributed by atoms with Crippen molar-refractivity contribution in [3.05, 3.63) is 29.5 Å². The van der Waals surface area contributed by atoms with E-state index < -0.39 is 14.3 Å². The van der Waals surface area contributed by atoms with Crippen LogP contribution in [-0.2, 0) is 22.4 Å². The van der Waals surface area contributed by atoms with Crippen LogP contribution in [0.4, 0.5) is 0 Å². The molecule has 2 aromatic rings. The van der Waals surface area contributed by atoms with Crippen LogP contribution < -0.4 is 24.0 Å². The minimum atomic E-state index is -1.88. The SMILES string of the molecule is CC(=O)c1nn(CC(=O)[O-])c2ccc(CO[Si](C)(C)C(C)(C)C)cc12.[Li+]. The first-order valence-electron chi connectivity index (χ1n) is 8.26. The van der Waals surface area contributed by atoms with Crippen LogP contribution in [0.2, 0.25) is 18.1 Å². The Hall–Kier alpha value is -1.40. The Morgan fingerprint density at radius 2 is 1.88 bits per heavy atom. The average Bonchev–Trinajstić information content (AvgIpc) is 2.81. The number of rotatable bonds is 6. The van der Waals surface area contributed by atoms with E-state index in [0.717, 1.165) is 5.56 Å². The third-order valence-electron chi connectivity index (χ3n) is 4.83. The van der Waals surface area contributed by atoms with Gasteiger partial charge in [0.15, 0.2) is 14.1 Å². The Balaban J connectivity index is 0.00000338. The summed E-state index contributed by atoms with van der Waals surface area (Å²) in [5, 5.41) is 15.8. The molecule has 0 saturated carbocycles. The molecule has 0 aliphatic heterocycles. The summed E-state index contributed by atoms with van der Waals surface area (Å²) in [6, 6.07) is 5.52. The topological polar surface area (TPSA) is 84.2 Å². The summed E-state index contributed by atoms with van der Waals surface area (Å²) in [7, 11) is -1.88. The first-order valence-corrected chi connectivity index (χ1v) is 11.2. The molecule has 136 valence electrons. The number of nitrogens with zero attached hydrogens (tertiary/aromatic N) is 2. The van der Waals surface area contributed by atoms with Gasteiger partial charge in [0.2, 0.25) is 0 Å². The normalized spacial score (nSPS) is 12.1. The van der Waals surface area contributed by atoms with Crippen LogP contribution in [0.1, 0.15) is 43.7 Å². The molecule has 8 heteroatoms. The van der Waals surface area contributed by atoms with Gasteiger partial charge in [-0.05, 0) is 35.8 Å². The monoisotopic (exact) mass is 368 g/mol. The van der Waals surface area contributed by atoms with Gasteiger partial charge in [-0.25, -0.2) is 0 Å². The van der Waals surface area contributed by atoms with Gasteiger partial charge in [0.1, 0.15) is 5.69 Å². The number of ketones is 1. The molecule has 0 fully saturated rings. The molecule has 0 atom stereocenters. The van der Waals surface area contributed by atoms with Gasteiger partial charge in [-0.3, -0.25) is 9.48 Å². The Labute approximate surface area is 167 Å². The van der Waals surface area contributed by atoms with E-state index >= 15 is 0 Å². The fourth-order valence-electron chi connectivity index (χ4n) is 2.30. The molecule has 0 N–H and O–H groups in total. The number of benzene rings is 1. The van der Waals surface area contributed by atoms with Gasteiger partial charge in [-0.1, -0.05) is 26.8 Å². The number of fused-ring (bicyclic) bond motifs is 1. The number of hydrogen-bond acceptors (Lipinski definition) is 5. The maximum absolute atomic E-state index is 11.9. The smallest absolute Gasteiger partial charge is 0.548 e. The molecule has 0 radical (unpaired) electrons. The van der Waals surface area contributed by atoms with Gasteiger partial charge >= 0.3 is 18.9 Å². The molecule has 0 amide bonds. The molecule has 0 spiro atoms. The quantitative estimate of drug-likeness (QED) is 0.508. The Kier molecular flexibility index (Phi) is 7.05. The number of Topliss-reactive ketones (excluding diaryl/α,β-unsaturated/α-hetero) is 1. The molecule has 0 aliphatic rings. The molecule has 0 bridgehead atoms. The largest absolute Gasteiger partial charge is 1.00 e. The minimum absolute atomic E-state index is 0. The van der Waals surface area contributed by atoms with Crippen molar-refractivity contribution in [3.8, 4) is 0 Å². The van der Waals surface area contributed by atoms with Crippen molar-refractivity contribution in [3.63, 3.8) is 0 Å². The summed E-state index contributed by atoms with van der Waals surface area (Å²) in [5.74, 6) is -1.45. The zero-order chi connectivity index (χ0) is 19.0. The van der Waals surface area contributed by atoms with E-state index in [0.29, 0.717) is 17.5 Å². The first-order chi connectivity index (χ1) is 11.4. The number of hydrogen-bond donors (Lipinski definition) is 0. The Morgan fingerprint density at radius 1 is 1.27 bits per heavy atom. The maximum atomic E-state index is 11.9. The molecule has 0 saturated heterocycles. The van der Waals surface area contributed by atoms with Crippen LogP contribution in [0.3, 0.4) is 0 Å². The number of aromatic nitrogens is 2. The molecule has 6 nitrogen and oxygen atoms in total. The average molecular weight is 368 g/mol. The van der Waals surface area contributed by atoms with Crippen molar-refractivity contribution in [2.24, 2.45) is 0 Å². The van der Waals surface area contributed by atoms with Crippen LogP contribution in [0, 0.1) is 0 Å². The van der Waals surface area contributed by atoms with Gasteiger partial charge in [0.05, 0.1) is 24.6 Å². The second kappa shape index (κ2) is 8.09. The van der Waals surface area contributed by atoms with Crippen molar-refractivity contribution in [1.29, 1.82) is 0 Å². The number of carboxylic acids is 1. The summed E-state index contributed by atoms with van der Waals surface area (Å²) < 4.78 is 7.51. The molecule has 0 aliphatic carbocycles. The fraction of sp³-hybridized carbons (Fsp3) is 0.500. The minimum Gasteiger partial charge on any atom is -0.548 e. The molecular weight excluding hydrogens is 343 g/mol. The predicted molar refractivity (Wildman–Crippen MR) is 96.7 cm³/mol. The van der Waals surface area contributed by atoms with E-state index in [1.54, 1.807) is 6.07 Å². The van der Waals surface area contributed by atoms with Gasteiger partial charge in [-0.2, -0.15) is 5.10 Å². The van der Waals surface area contributed by atoms with Crippen LogP contribution in [0.15, 0.2) is 18.2 Å². The van der Waals surface area contributed by atoms with Crippen molar-refractivity contribution in [2.45, 2.75) is 59.0 Å². The second-order valence-corrected chi connectivity index (χ2v) is 12.6. The van der Waals surface area contributed by atoms with E-state index in [1.165, 1.54) is 11.6 Å². The van der Waals surface area contributed by atoms with E-state index in [4.69, 9.17) is 4.43 Å². The summed E-state index contributed by atoms with van der Waals surface area (Å²) in [5.41, 5.74) is 1.81. The number of aliphatic carboxylic acids is 1. The second-order valence-electron chi connectivity index (χ2n) is 7.83. The predicted octanol–water partition coefficient (Wildman–Crippen LogP) is -0.485. The maximum Gasteiger partial charge on any atom is 1.00 e. The van der Waals surface area contributed by atoms with Gasteiger partial charge in [0.25, 0.3) is 0 Å². The standard InChI is InChI=1S/C18H26N2O4Si.Li/c1-12(21)17-14-9-13(11-24-25(5,6)18(2,3)4)7-8-15(14)20(19-17)10-16(22)23;/h7-9H,10-11H2,1-6H3,(H,22,23);/q;+1/p-1. The van der Waals surface area contributed by atoms with Gasteiger partial charge in [0, 0.05) is 12.3 Å². The molecule has 0 unspecified atom stereocenters. The molecule has 1 heterocycles. The van der Waals surface area contributed by atoms with Crippen molar-refractivity contribution in [1.82, 2.24) is 9.78 Å². The molecular formula is C18H25LiN2O4Si. The van der Waals surface area contributed by atoms with Gasteiger partial charge in [-0.15, -0.1) is 0 Å². The van der Waals surface area contributed by atoms with Crippen LogP contribution >= 0.6 is 0 Å². The molecule has 1 aromatic carbocycles. The van der Waals surface area contributed by atoms with Crippen LogP contribution in [0.25, 0.3) is 10.9 Å². The van der Waals surface area contributed by atoms with E-state index in [1.807, 2.05) is 12.1 Å². The van der Waals surface area contributed by atoms with Gasteiger partial charge < -0.3 is 14.3 Å². The summed E-state index contributed by atoms with van der Waals surface area (Å²) in [6.45, 7) is 12.4. The molecule has 2 rings (SSSR count). The third-order valence-corrected chi connectivity index (χ3v) is 9.31. The summed E-state index contributed by atoms with van der Waals surface area (Å²) in [4.78, 5) is 22.7. The zero-order valence-electron chi connectivity index (χ0n) is 16.7. The number of carboxylic acid groups (broad SMARTS) is 1. The van der Waals surface area contributed by atoms with E-state index in [-0.39, 0.29) is 41.9 Å². The van der Waals surface area contributed by atoms with Crippen molar-refractivity contribution >= 4 is 31.0 Å². The fourth-order valence-corrected chi connectivity index (χ4v) is 3.26.